The zero-order valence-corrected chi connectivity index (χ0v) is 17.9. The first-order valence-electron chi connectivity index (χ1n) is 10.6. The van der Waals surface area contributed by atoms with E-state index in [1.807, 2.05) is 24.3 Å². The largest absolute Gasteiger partial charge is 0.494 e. The lowest BCUT2D eigenvalue weighted by Gasteiger charge is -2.12. The number of hydrogen-bond acceptors (Lipinski definition) is 2. The summed E-state index contributed by atoms with van der Waals surface area (Å²) in [5, 5.41) is 7.19. The highest BCUT2D eigenvalue weighted by atomic mass is 32.1. The summed E-state index contributed by atoms with van der Waals surface area (Å²) in [5.41, 5.74) is 2.38. The van der Waals surface area contributed by atoms with Gasteiger partial charge in [-0.3, -0.25) is 0 Å². The van der Waals surface area contributed by atoms with Gasteiger partial charge in [0.15, 0.2) is 5.11 Å². The van der Waals surface area contributed by atoms with E-state index in [1.165, 1.54) is 37.7 Å². The lowest BCUT2D eigenvalue weighted by Crippen LogP contribution is -2.29. The average Bonchev–Trinajstić information content (AvgIpc) is 2.71. The zero-order valence-electron chi connectivity index (χ0n) is 17.1. The molecule has 0 atom stereocenters. The van der Waals surface area contributed by atoms with Gasteiger partial charge in [-0.15, -0.1) is 0 Å². The fourth-order valence-corrected chi connectivity index (χ4v) is 3.26. The van der Waals surface area contributed by atoms with Crippen molar-refractivity contribution >= 4 is 23.0 Å². The maximum atomic E-state index is 5.90. The molecule has 0 saturated heterocycles. The number of nitrogens with one attached hydrogen (secondary N) is 2. The standard InChI is InChI=1S/C24H34N2OS/c1-2-3-4-10-18-25-24(28)26-22-16-12-17-23(20-22)27-19-11-6-9-15-21-13-7-5-8-14-21/h5,7-8,12-14,16-17,20H,2-4,6,9-11,15,18-19H2,1H3,(H2,25,26,28). The van der Waals surface area contributed by atoms with Crippen LogP contribution in [-0.4, -0.2) is 18.3 Å². The molecule has 0 fully saturated rings. The van der Waals surface area contributed by atoms with E-state index in [-0.39, 0.29) is 0 Å². The molecule has 2 rings (SSSR count). The van der Waals surface area contributed by atoms with Crippen molar-refractivity contribution in [1.82, 2.24) is 5.32 Å². The molecular formula is C24H34N2OS. The third-order valence-corrected chi connectivity index (χ3v) is 4.88. The van der Waals surface area contributed by atoms with Gasteiger partial charge in [-0.25, -0.2) is 0 Å². The van der Waals surface area contributed by atoms with Crippen molar-refractivity contribution in [3.05, 3.63) is 60.2 Å². The fourth-order valence-electron chi connectivity index (χ4n) is 3.04. The number of ether oxygens (including phenoxy) is 1. The van der Waals surface area contributed by atoms with Gasteiger partial charge in [0.05, 0.1) is 6.61 Å². The second-order valence-corrected chi connectivity index (χ2v) is 7.52. The Balaban J connectivity index is 1.59. The second kappa shape index (κ2) is 14.0. The van der Waals surface area contributed by atoms with E-state index >= 15 is 0 Å². The van der Waals surface area contributed by atoms with Gasteiger partial charge in [0, 0.05) is 18.3 Å². The maximum absolute atomic E-state index is 5.90. The fraction of sp³-hybridized carbons (Fsp3) is 0.458. The number of hydrogen-bond donors (Lipinski definition) is 2. The first kappa shape index (κ1) is 22.2. The Morgan fingerprint density at radius 2 is 1.71 bits per heavy atom. The lowest BCUT2D eigenvalue weighted by molar-refractivity contribution is 0.305. The third-order valence-electron chi connectivity index (χ3n) is 4.63. The molecule has 2 N–H and O–H groups in total. The van der Waals surface area contributed by atoms with Crippen LogP contribution in [0.15, 0.2) is 54.6 Å². The Bertz CT molecular complexity index is 675. The van der Waals surface area contributed by atoms with Crippen LogP contribution in [0.25, 0.3) is 0 Å². The molecule has 2 aromatic rings. The van der Waals surface area contributed by atoms with Gasteiger partial charge in [0.1, 0.15) is 5.75 Å². The smallest absolute Gasteiger partial charge is 0.170 e. The molecule has 0 aliphatic rings. The van der Waals surface area contributed by atoms with E-state index in [4.69, 9.17) is 17.0 Å². The van der Waals surface area contributed by atoms with Crippen LogP contribution in [0.4, 0.5) is 5.69 Å². The van der Waals surface area contributed by atoms with Crippen LogP contribution >= 0.6 is 12.2 Å². The molecule has 4 heteroatoms. The van der Waals surface area contributed by atoms with Crippen molar-refractivity contribution in [1.29, 1.82) is 0 Å². The summed E-state index contributed by atoms with van der Waals surface area (Å²) in [6.45, 7) is 3.89. The van der Waals surface area contributed by atoms with Gasteiger partial charge in [-0.05, 0) is 62.0 Å². The Kier molecular flexibility index (Phi) is 11.1. The monoisotopic (exact) mass is 398 g/mol. The van der Waals surface area contributed by atoms with E-state index < -0.39 is 0 Å². The molecule has 2 aromatic carbocycles. The van der Waals surface area contributed by atoms with Crippen molar-refractivity contribution in [3.8, 4) is 5.75 Å². The second-order valence-electron chi connectivity index (χ2n) is 7.11. The topological polar surface area (TPSA) is 33.3 Å². The molecule has 0 bridgehead atoms. The molecule has 152 valence electrons. The van der Waals surface area contributed by atoms with Crippen LogP contribution in [0.5, 0.6) is 5.75 Å². The van der Waals surface area contributed by atoms with Crippen LogP contribution in [0.1, 0.15) is 57.4 Å². The summed E-state index contributed by atoms with van der Waals surface area (Å²) in [6.07, 6.45) is 9.54. The Morgan fingerprint density at radius 3 is 2.54 bits per heavy atom. The van der Waals surface area contributed by atoms with E-state index in [0.29, 0.717) is 5.11 Å². The molecular weight excluding hydrogens is 364 g/mol. The van der Waals surface area contributed by atoms with Crippen LogP contribution in [0, 0.1) is 0 Å². The van der Waals surface area contributed by atoms with E-state index in [1.54, 1.807) is 0 Å². The van der Waals surface area contributed by atoms with Crippen molar-refractivity contribution < 1.29 is 4.74 Å². The van der Waals surface area contributed by atoms with Crippen molar-refractivity contribution in [2.24, 2.45) is 0 Å². The van der Waals surface area contributed by atoms with Gasteiger partial charge in [-0.1, -0.05) is 62.6 Å². The first-order valence-corrected chi connectivity index (χ1v) is 11.0. The van der Waals surface area contributed by atoms with Gasteiger partial charge in [0.25, 0.3) is 0 Å². The van der Waals surface area contributed by atoms with Crippen LogP contribution < -0.4 is 15.4 Å². The summed E-state index contributed by atoms with van der Waals surface area (Å²) in [5.74, 6) is 0.888. The highest BCUT2D eigenvalue weighted by molar-refractivity contribution is 7.80. The van der Waals surface area contributed by atoms with Crippen molar-refractivity contribution in [3.63, 3.8) is 0 Å². The number of aryl methyl sites for hydroxylation is 1. The number of benzene rings is 2. The normalized spacial score (nSPS) is 10.5. The highest BCUT2D eigenvalue weighted by Crippen LogP contribution is 2.18. The zero-order chi connectivity index (χ0) is 19.9. The third kappa shape index (κ3) is 9.75. The molecule has 0 radical (unpaired) electrons. The summed E-state index contributed by atoms with van der Waals surface area (Å²) in [7, 11) is 0. The first-order chi connectivity index (χ1) is 13.8. The molecule has 0 saturated carbocycles. The van der Waals surface area contributed by atoms with Gasteiger partial charge in [-0.2, -0.15) is 0 Å². The van der Waals surface area contributed by atoms with E-state index in [2.05, 4.69) is 47.9 Å². The minimum absolute atomic E-state index is 0.676. The van der Waals surface area contributed by atoms with Crippen molar-refractivity contribution in [2.75, 3.05) is 18.5 Å². The van der Waals surface area contributed by atoms with Gasteiger partial charge < -0.3 is 15.4 Å². The predicted octanol–water partition coefficient (Wildman–Crippen LogP) is 6.35. The highest BCUT2D eigenvalue weighted by Gasteiger charge is 2.00. The van der Waals surface area contributed by atoms with Crippen LogP contribution in [0.3, 0.4) is 0 Å². The lowest BCUT2D eigenvalue weighted by atomic mass is 10.1. The summed E-state index contributed by atoms with van der Waals surface area (Å²) in [6, 6.07) is 18.7. The average molecular weight is 399 g/mol. The molecule has 0 heterocycles. The van der Waals surface area contributed by atoms with Gasteiger partial charge in [0.2, 0.25) is 0 Å². The minimum atomic E-state index is 0.676. The molecule has 0 unspecified atom stereocenters. The molecule has 0 aliphatic carbocycles. The van der Waals surface area contributed by atoms with Crippen LogP contribution in [-0.2, 0) is 6.42 Å². The summed E-state index contributed by atoms with van der Waals surface area (Å²) >= 11 is 5.37. The molecule has 28 heavy (non-hydrogen) atoms. The molecule has 0 aliphatic heterocycles. The molecule has 0 spiro atoms. The number of rotatable bonds is 13. The summed E-state index contributed by atoms with van der Waals surface area (Å²) in [4.78, 5) is 0. The Morgan fingerprint density at radius 1 is 0.893 bits per heavy atom. The minimum Gasteiger partial charge on any atom is -0.494 e. The molecule has 0 amide bonds. The predicted molar refractivity (Wildman–Crippen MR) is 124 cm³/mol. The molecule has 3 nitrogen and oxygen atoms in total. The molecule has 0 aromatic heterocycles. The summed E-state index contributed by atoms with van der Waals surface area (Å²) < 4.78 is 5.90. The van der Waals surface area contributed by atoms with E-state index in [9.17, 15) is 0 Å². The number of unbranched alkanes of at least 4 members (excludes halogenated alkanes) is 5. The van der Waals surface area contributed by atoms with Gasteiger partial charge >= 0.3 is 0 Å². The number of anilines is 1. The van der Waals surface area contributed by atoms with Crippen LogP contribution in [0.2, 0.25) is 0 Å². The SMILES string of the molecule is CCCCCCNC(=S)Nc1cccc(OCCCCCc2ccccc2)c1. The Labute approximate surface area is 175 Å². The van der Waals surface area contributed by atoms with Crippen molar-refractivity contribution in [2.45, 2.75) is 58.3 Å². The Hall–Kier alpha value is -2.07. The maximum Gasteiger partial charge on any atom is 0.170 e. The number of thiocarbonyl (C=S) groups is 1. The quantitative estimate of drug-likeness (QED) is 0.304. The van der Waals surface area contributed by atoms with E-state index in [0.717, 1.165) is 43.9 Å².